The average Bonchev–Trinajstić information content (AvgIpc) is 2.32. The standard InChI is InChI=1S/C12H21ClN4O/c1-5-7-18-12-16-10(13)15-11(17-12)14-9(6-2)8(3)4/h8-9H,5-7H2,1-4H3,(H,14,15,16,17). The van der Waals surface area contributed by atoms with Crippen LogP contribution in [0.15, 0.2) is 0 Å². The number of hydrogen-bond acceptors (Lipinski definition) is 5. The lowest BCUT2D eigenvalue weighted by atomic mass is 10.0. The molecule has 0 amide bonds. The second-order valence-electron chi connectivity index (χ2n) is 4.46. The highest BCUT2D eigenvalue weighted by Crippen LogP contribution is 2.15. The van der Waals surface area contributed by atoms with Crippen LogP contribution < -0.4 is 10.1 Å². The average molecular weight is 273 g/mol. The van der Waals surface area contributed by atoms with Gasteiger partial charge in [0, 0.05) is 6.04 Å². The summed E-state index contributed by atoms with van der Waals surface area (Å²) in [5.74, 6) is 0.965. The molecule has 18 heavy (non-hydrogen) atoms. The molecule has 5 nitrogen and oxygen atoms in total. The van der Waals surface area contributed by atoms with Gasteiger partial charge in [0.2, 0.25) is 11.2 Å². The van der Waals surface area contributed by atoms with Crippen molar-refractivity contribution in [2.45, 2.75) is 46.6 Å². The molecule has 0 fully saturated rings. The van der Waals surface area contributed by atoms with Gasteiger partial charge in [-0.15, -0.1) is 0 Å². The van der Waals surface area contributed by atoms with Crippen LogP contribution in [0.2, 0.25) is 5.28 Å². The first-order valence-corrected chi connectivity index (χ1v) is 6.75. The highest BCUT2D eigenvalue weighted by Gasteiger charge is 2.14. The fourth-order valence-corrected chi connectivity index (χ4v) is 1.71. The van der Waals surface area contributed by atoms with E-state index in [0.29, 0.717) is 24.5 Å². The number of rotatable bonds is 7. The molecule has 102 valence electrons. The van der Waals surface area contributed by atoms with Crippen molar-refractivity contribution in [1.29, 1.82) is 0 Å². The summed E-state index contributed by atoms with van der Waals surface area (Å²) in [7, 11) is 0. The van der Waals surface area contributed by atoms with Gasteiger partial charge in [0.05, 0.1) is 6.61 Å². The van der Waals surface area contributed by atoms with Gasteiger partial charge in [-0.05, 0) is 30.4 Å². The van der Waals surface area contributed by atoms with E-state index in [-0.39, 0.29) is 11.3 Å². The number of hydrogen-bond donors (Lipinski definition) is 1. The molecule has 1 aromatic heterocycles. The molecular formula is C12H21ClN4O. The summed E-state index contributed by atoms with van der Waals surface area (Å²) in [6, 6.07) is 0.584. The normalized spacial score (nSPS) is 12.6. The van der Waals surface area contributed by atoms with Gasteiger partial charge in [-0.1, -0.05) is 27.7 Å². The zero-order valence-electron chi connectivity index (χ0n) is 11.4. The number of aromatic nitrogens is 3. The summed E-state index contributed by atoms with van der Waals surface area (Å²) in [6.45, 7) is 9.01. The van der Waals surface area contributed by atoms with Gasteiger partial charge in [-0.2, -0.15) is 15.0 Å². The Morgan fingerprint density at radius 3 is 2.50 bits per heavy atom. The summed E-state index contributed by atoms with van der Waals surface area (Å²) in [4.78, 5) is 12.2. The maximum Gasteiger partial charge on any atom is 0.322 e. The molecule has 0 aliphatic heterocycles. The minimum atomic E-state index is 0.150. The number of nitrogens with zero attached hydrogens (tertiary/aromatic N) is 3. The summed E-state index contributed by atoms with van der Waals surface area (Å²) in [5.41, 5.74) is 0. The van der Waals surface area contributed by atoms with Crippen LogP contribution in [0.25, 0.3) is 0 Å². The smallest absolute Gasteiger partial charge is 0.322 e. The Morgan fingerprint density at radius 2 is 1.94 bits per heavy atom. The predicted octanol–water partition coefficient (Wildman–Crippen LogP) is 3.16. The van der Waals surface area contributed by atoms with Gasteiger partial charge < -0.3 is 10.1 Å². The van der Waals surface area contributed by atoms with E-state index in [2.05, 4.69) is 41.0 Å². The van der Waals surface area contributed by atoms with Gasteiger partial charge >= 0.3 is 6.01 Å². The van der Waals surface area contributed by atoms with Crippen molar-refractivity contribution in [3.63, 3.8) is 0 Å². The lowest BCUT2D eigenvalue weighted by molar-refractivity contribution is 0.291. The molecule has 1 N–H and O–H groups in total. The SMILES string of the molecule is CCCOc1nc(Cl)nc(NC(CC)C(C)C)n1. The Kier molecular flexibility index (Phi) is 6.12. The molecule has 0 bridgehead atoms. The molecule has 0 saturated heterocycles. The maximum atomic E-state index is 5.85. The van der Waals surface area contributed by atoms with Crippen molar-refractivity contribution in [3.8, 4) is 6.01 Å². The maximum absolute atomic E-state index is 5.85. The van der Waals surface area contributed by atoms with Gasteiger partial charge in [-0.3, -0.25) is 0 Å². The number of halogens is 1. The summed E-state index contributed by atoms with van der Waals surface area (Å²) >= 11 is 5.85. The predicted molar refractivity (Wildman–Crippen MR) is 73.2 cm³/mol. The molecule has 0 aliphatic carbocycles. The van der Waals surface area contributed by atoms with Gasteiger partial charge in [0.25, 0.3) is 0 Å². The van der Waals surface area contributed by atoms with Crippen molar-refractivity contribution < 1.29 is 4.74 Å². The van der Waals surface area contributed by atoms with Crippen LogP contribution in [-0.4, -0.2) is 27.6 Å². The van der Waals surface area contributed by atoms with Crippen molar-refractivity contribution in [2.24, 2.45) is 5.92 Å². The molecular weight excluding hydrogens is 252 g/mol. The quantitative estimate of drug-likeness (QED) is 0.826. The Bertz CT molecular complexity index is 373. The zero-order chi connectivity index (χ0) is 13.5. The number of anilines is 1. The van der Waals surface area contributed by atoms with Crippen molar-refractivity contribution in [2.75, 3.05) is 11.9 Å². The van der Waals surface area contributed by atoms with Gasteiger partial charge in [0.1, 0.15) is 0 Å². The van der Waals surface area contributed by atoms with E-state index in [9.17, 15) is 0 Å². The van der Waals surface area contributed by atoms with E-state index < -0.39 is 0 Å². The van der Waals surface area contributed by atoms with Crippen LogP contribution in [0.1, 0.15) is 40.5 Å². The summed E-state index contributed by atoms with van der Waals surface area (Å²) in [5, 5.41) is 3.41. The highest BCUT2D eigenvalue weighted by molar-refractivity contribution is 6.28. The second-order valence-corrected chi connectivity index (χ2v) is 4.80. The topological polar surface area (TPSA) is 59.9 Å². The summed E-state index contributed by atoms with van der Waals surface area (Å²) in [6.07, 6.45) is 1.89. The first kappa shape index (κ1) is 15.0. The van der Waals surface area contributed by atoms with E-state index >= 15 is 0 Å². The van der Waals surface area contributed by atoms with Crippen LogP contribution in [0, 0.1) is 5.92 Å². The van der Waals surface area contributed by atoms with Gasteiger partial charge in [-0.25, -0.2) is 0 Å². The summed E-state index contributed by atoms with van der Waals surface area (Å²) < 4.78 is 5.37. The van der Waals surface area contributed by atoms with Gasteiger partial charge in [0.15, 0.2) is 0 Å². The van der Waals surface area contributed by atoms with Crippen LogP contribution in [0.4, 0.5) is 5.95 Å². The molecule has 1 atom stereocenters. The van der Waals surface area contributed by atoms with E-state index in [4.69, 9.17) is 16.3 Å². The molecule has 0 spiro atoms. The lowest BCUT2D eigenvalue weighted by Crippen LogP contribution is -2.26. The van der Waals surface area contributed by atoms with Crippen molar-refractivity contribution >= 4 is 17.5 Å². The largest absolute Gasteiger partial charge is 0.463 e. The minimum absolute atomic E-state index is 0.150. The third kappa shape index (κ3) is 4.64. The van der Waals surface area contributed by atoms with E-state index in [1.165, 1.54) is 0 Å². The highest BCUT2D eigenvalue weighted by atomic mass is 35.5. The van der Waals surface area contributed by atoms with Crippen LogP contribution >= 0.6 is 11.6 Å². The molecule has 6 heteroatoms. The first-order valence-electron chi connectivity index (χ1n) is 6.37. The molecule has 0 radical (unpaired) electrons. The van der Waals surface area contributed by atoms with E-state index in [0.717, 1.165) is 12.8 Å². The molecule has 1 rings (SSSR count). The third-order valence-corrected chi connectivity index (χ3v) is 2.75. The van der Waals surface area contributed by atoms with Crippen LogP contribution in [-0.2, 0) is 0 Å². The molecule has 0 aliphatic rings. The lowest BCUT2D eigenvalue weighted by Gasteiger charge is -2.20. The van der Waals surface area contributed by atoms with E-state index in [1.54, 1.807) is 0 Å². The molecule has 0 aromatic carbocycles. The molecule has 1 unspecified atom stereocenters. The molecule has 0 saturated carbocycles. The molecule has 1 heterocycles. The fraction of sp³-hybridized carbons (Fsp3) is 0.750. The van der Waals surface area contributed by atoms with Crippen LogP contribution in [0.3, 0.4) is 0 Å². The Hall–Kier alpha value is -1.10. The first-order chi connectivity index (χ1) is 8.56. The third-order valence-electron chi connectivity index (χ3n) is 2.58. The Morgan fingerprint density at radius 1 is 1.22 bits per heavy atom. The van der Waals surface area contributed by atoms with Crippen LogP contribution in [0.5, 0.6) is 6.01 Å². The minimum Gasteiger partial charge on any atom is -0.463 e. The van der Waals surface area contributed by atoms with E-state index in [1.807, 2.05) is 6.92 Å². The Balaban J connectivity index is 2.78. The zero-order valence-corrected chi connectivity index (χ0v) is 12.2. The number of nitrogens with one attached hydrogen (secondary N) is 1. The Labute approximate surface area is 113 Å². The second kappa shape index (κ2) is 7.36. The number of ether oxygens (including phenoxy) is 1. The monoisotopic (exact) mass is 272 g/mol. The molecule has 1 aromatic rings. The van der Waals surface area contributed by atoms with Crippen molar-refractivity contribution in [3.05, 3.63) is 5.28 Å². The van der Waals surface area contributed by atoms with Crippen molar-refractivity contribution in [1.82, 2.24) is 15.0 Å². The fourth-order valence-electron chi connectivity index (χ4n) is 1.56.